The molecule has 0 unspecified atom stereocenters. The summed E-state index contributed by atoms with van der Waals surface area (Å²) in [5.41, 5.74) is 1.18. The first kappa shape index (κ1) is 16.4. The van der Waals surface area contributed by atoms with Gasteiger partial charge in [0.15, 0.2) is 5.96 Å². The van der Waals surface area contributed by atoms with Gasteiger partial charge >= 0.3 is 0 Å². The maximum atomic E-state index is 5.79. The number of aromatic nitrogens is 1. The number of nitrogens with zero attached hydrogens (tertiary/aromatic N) is 3. The highest BCUT2D eigenvalue weighted by Gasteiger charge is 2.28. The van der Waals surface area contributed by atoms with Crippen molar-refractivity contribution in [2.45, 2.75) is 25.0 Å². The summed E-state index contributed by atoms with van der Waals surface area (Å²) in [5, 5.41) is 3.98. The van der Waals surface area contributed by atoms with Crippen LogP contribution in [0, 0.1) is 0 Å². The third kappa shape index (κ3) is 5.08. The summed E-state index contributed by atoms with van der Waals surface area (Å²) < 4.78 is 0.288. The van der Waals surface area contributed by atoms with E-state index in [0.29, 0.717) is 5.15 Å². The van der Waals surface area contributed by atoms with Gasteiger partial charge in [0.2, 0.25) is 0 Å². The molecule has 1 saturated heterocycles. The van der Waals surface area contributed by atoms with Crippen molar-refractivity contribution in [1.82, 2.24) is 15.2 Å². The number of guanidine groups is 1. The lowest BCUT2D eigenvalue weighted by atomic mass is 10.2. The van der Waals surface area contributed by atoms with Gasteiger partial charge in [0.25, 0.3) is 0 Å². The molecule has 4 nitrogen and oxygen atoms in total. The smallest absolute Gasteiger partial charge is 0.193 e. The average Bonchev–Trinajstić information content (AvgIpc) is 2.44. The third-order valence-electron chi connectivity index (χ3n) is 3.42. The molecule has 6 heteroatoms. The van der Waals surface area contributed by atoms with Crippen molar-refractivity contribution in [3.8, 4) is 0 Å². The van der Waals surface area contributed by atoms with Gasteiger partial charge in [-0.1, -0.05) is 17.7 Å². The number of pyridine rings is 1. The van der Waals surface area contributed by atoms with Crippen LogP contribution in [0.15, 0.2) is 23.3 Å². The lowest BCUT2D eigenvalue weighted by Gasteiger charge is -2.39. The first-order valence-corrected chi connectivity index (χ1v) is 8.56. The molecule has 1 aliphatic rings. The summed E-state index contributed by atoms with van der Waals surface area (Å²) in [5.74, 6) is 2.14. The van der Waals surface area contributed by atoms with Crippen molar-refractivity contribution in [3.05, 3.63) is 29.0 Å². The Kier molecular flexibility index (Phi) is 5.76. The van der Waals surface area contributed by atoms with E-state index in [1.54, 1.807) is 0 Å². The molecule has 0 spiro atoms. The maximum absolute atomic E-state index is 5.79. The lowest BCUT2D eigenvalue weighted by Crippen LogP contribution is -2.51. The van der Waals surface area contributed by atoms with E-state index in [0.717, 1.165) is 37.8 Å². The van der Waals surface area contributed by atoms with Gasteiger partial charge in [-0.2, -0.15) is 11.8 Å². The largest absolute Gasteiger partial charge is 0.356 e. The second-order valence-electron chi connectivity index (χ2n) is 5.74. The molecular formula is C15H23ClN4S. The Labute approximate surface area is 136 Å². The molecule has 0 saturated carbocycles. The van der Waals surface area contributed by atoms with Crippen LogP contribution in [0.2, 0.25) is 5.15 Å². The van der Waals surface area contributed by atoms with E-state index in [2.05, 4.69) is 34.0 Å². The molecule has 0 bridgehead atoms. The summed E-state index contributed by atoms with van der Waals surface area (Å²) >= 11 is 7.82. The van der Waals surface area contributed by atoms with Crippen molar-refractivity contribution in [2.24, 2.45) is 4.99 Å². The zero-order valence-corrected chi connectivity index (χ0v) is 14.5. The Balaban J connectivity index is 1.84. The van der Waals surface area contributed by atoms with E-state index in [1.807, 2.05) is 37.1 Å². The van der Waals surface area contributed by atoms with Crippen LogP contribution in [0.25, 0.3) is 0 Å². The Morgan fingerprint density at radius 1 is 1.52 bits per heavy atom. The van der Waals surface area contributed by atoms with E-state index >= 15 is 0 Å². The number of rotatable bonds is 3. The fourth-order valence-corrected chi connectivity index (χ4v) is 3.63. The van der Waals surface area contributed by atoms with Crippen molar-refractivity contribution in [3.63, 3.8) is 0 Å². The second kappa shape index (κ2) is 7.36. The standard InChI is InChI=1S/C15H23ClN4S/c1-15(2)11-20(8-9-21-15)14(17-3)18-7-6-12-4-5-13(16)19-10-12/h4-5,10H,6-9,11H2,1-3H3,(H,17,18). The molecule has 1 fully saturated rings. The van der Waals surface area contributed by atoms with Crippen LogP contribution in [0.5, 0.6) is 0 Å². The normalized spacial score (nSPS) is 18.7. The number of hydrogen-bond acceptors (Lipinski definition) is 3. The van der Waals surface area contributed by atoms with Gasteiger partial charge in [0.05, 0.1) is 0 Å². The van der Waals surface area contributed by atoms with Crippen LogP contribution in [-0.2, 0) is 6.42 Å². The molecule has 1 N–H and O–H groups in total. The van der Waals surface area contributed by atoms with Gasteiger partial charge in [-0.15, -0.1) is 0 Å². The first-order chi connectivity index (χ1) is 10.00. The number of halogens is 1. The lowest BCUT2D eigenvalue weighted by molar-refractivity contribution is 0.376. The maximum Gasteiger partial charge on any atom is 0.193 e. The fourth-order valence-electron chi connectivity index (χ4n) is 2.40. The van der Waals surface area contributed by atoms with Gasteiger partial charge < -0.3 is 10.2 Å². The van der Waals surface area contributed by atoms with E-state index in [-0.39, 0.29) is 4.75 Å². The summed E-state index contributed by atoms with van der Waals surface area (Å²) in [7, 11) is 1.85. The second-order valence-corrected chi connectivity index (χ2v) is 7.93. The predicted octanol–water partition coefficient (Wildman–Crippen LogP) is 2.68. The van der Waals surface area contributed by atoms with Gasteiger partial charge in [-0.25, -0.2) is 4.98 Å². The topological polar surface area (TPSA) is 40.5 Å². The Morgan fingerprint density at radius 2 is 2.33 bits per heavy atom. The molecule has 1 aromatic rings. The molecule has 21 heavy (non-hydrogen) atoms. The van der Waals surface area contributed by atoms with E-state index in [1.165, 1.54) is 5.56 Å². The van der Waals surface area contributed by atoms with Gasteiger partial charge in [0.1, 0.15) is 5.15 Å². The van der Waals surface area contributed by atoms with Crippen LogP contribution in [0.4, 0.5) is 0 Å². The first-order valence-electron chi connectivity index (χ1n) is 7.20. The quantitative estimate of drug-likeness (QED) is 0.527. The van der Waals surface area contributed by atoms with Crippen molar-refractivity contribution >= 4 is 29.3 Å². The van der Waals surface area contributed by atoms with Crippen LogP contribution in [0.1, 0.15) is 19.4 Å². The minimum Gasteiger partial charge on any atom is -0.356 e. The Bertz CT molecular complexity index is 487. The molecule has 0 atom stereocenters. The van der Waals surface area contributed by atoms with Crippen LogP contribution in [-0.4, -0.2) is 53.0 Å². The minimum atomic E-state index is 0.288. The Morgan fingerprint density at radius 3 is 2.95 bits per heavy atom. The summed E-state index contributed by atoms with van der Waals surface area (Å²) in [4.78, 5) is 10.9. The van der Waals surface area contributed by atoms with Crippen LogP contribution >= 0.6 is 23.4 Å². The molecule has 2 heterocycles. The zero-order valence-electron chi connectivity index (χ0n) is 12.9. The van der Waals surface area contributed by atoms with Gasteiger partial charge in [-0.3, -0.25) is 4.99 Å². The highest BCUT2D eigenvalue weighted by molar-refractivity contribution is 8.00. The van der Waals surface area contributed by atoms with Crippen molar-refractivity contribution in [1.29, 1.82) is 0 Å². The molecule has 2 rings (SSSR count). The molecule has 0 aromatic carbocycles. The Hall–Kier alpha value is -0.940. The third-order valence-corrected chi connectivity index (χ3v) is 4.94. The van der Waals surface area contributed by atoms with Crippen LogP contribution < -0.4 is 5.32 Å². The predicted molar refractivity (Wildman–Crippen MR) is 92.4 cm³/mol. The molecular weight excluding hydrogens is 304 g/mol. The summed E-state index contributed by atoms with van der Waals surface area (Å²) in [6.07, 6.45) is 2.74. The van der Waals surface area contributed by atoms with E-state index < -0.39 is 0 Å². The SMILES string of the molecule is CN=C(NCCc1ccc(Cl)nc1)N1CCSC(C)(C)C1. The number of nitrogens with one attached hydrogen (secondary N) is 1. The van der Waals surface area contributed by atoms with Gasteiger partial charge in [0, 0.05) is 43.4 Å². The summed E-state index contributed by atoms with van der Waals surface area (Å²) in [6.45, 7) is 7.50. The minimum absolute atomic E-state index is 0.288. The molecule has 1 aliphatic heterocycles. The van der Waals surface area contributed by atoms with Crippen LogP contribution in [0.3, 0.4) is 0 Å². The molecule has 116 valence electrons. The number of hydrogen-bond donors (Lipinski definition) is 1. The highest BCUT2D eigenvalue weighted by Crippen LogP contribution is 2.29. The van der Waals surface area contributed by atoms with E-state index in [9.17, 15) is 0 Å². The average molecular weight is 327 g/mol. The number of aliphatic imine (C=N–C) groups is 1. The summed E-state index contributed by atoms with van der Waals surface area (Å²) in [6, 6.07) is 3.84. The van der Waals surface area contributed by atoms with E-state index in [4.69, 9.17) is 11.6 Å². The zero-order chi connectivity index (χ0) is 15.3. The molecule has 0 amide bonds. The van der Waals surface area contributed by atoms with Gasteiger partial charge in [-0.05, 0) is 31.9 Å². The molecule has 1 aromatic heterocycles. The molecule has 0 radical (unpaired) electrons. The monoisotopic (exact) mass is 326 g/mol. The highest BCUT2D eigenvalue weighted by atomic mass is 35.5. The molecule has 0 aliphatic carbocycles. The number of thioether (sulfide) groups is 1. The van der Waals surface area contributed by atoms with Crippen molar-refractivity contribution < 1.29 is 0 Å². The fraction of sp³-hybridized carbons (Fsp3) is 0.600. The van der Waals surface area contributed by atoms with Crippen molar-refractivity contribution in [2.75, 3.05) is 32.4 Å².